The Labute approximate surface area is 139 Å². The maximum absolute atomic E-state index is 10.9. The van der Waals surface area contributed by atoms with Crippen LogP contribution < -0.4 is 16.4 Å². The van der Waals surface area contributed by atoms with E-state index >= 15 is 0 Å². The number of hydrogen-bond acceptors (Lipinski definition) is 4. The van der Waals surface area contributed by atoms with Crippen molar-refractivity contribution in [3.8, 4) is 0 Å². The average Bonchev–Trinajstić information content (AvgIpc) is 2.49. The third-order valence-electron chi connectivity index (χ3n) is 3.32. The van der Waals surface area contributed by atoms with E-state index in [0.29, 0.717) is 16.7 Å². The van der Waals surface area contributed by atoms with Gasteiger partial charge in [-0.1, -0.05) is 26.0 Å². The van der Waals surface area contributed by atoms with Crippen LogP contribution in [0.1, 0.15) is 25.3 Å². The highest BCUT2D eigenvalue weighted by molar-refractivity contribution is 7.80. The predicted molar refractivity (Wildman–Crippen MR) is 97.9 cm³/mol. The Hall–Kier alpha value is -2.67. The number of nitrogens with two attached hydrogens (primary N) is 1. The molecule has 23 heavy (non-hydrogen) atoms. The molecule has 6 nitrogen and oxygen atoms in total. The van der Waals surface area contributed by atoms with Gasteiger partial charge in [-0.2, -0.15) is 0 Å². The van der Waals surface area contributed by atoms with E-state index in [-0.39, 0.29) is 11.4 Å². The van der Waals surface area contributed by atoms with E-state index in [0.717, 1.165) is 5.69 Å². The number of nitro groups is 1. The summed E-state index contributed by atoms with van der Waals surface area (Å²) >= 11 is 5.22. The molecule has 0 amide bonds. The van der Waals surface area contributed by atoms with Crippen LogP contribution in [0, 0.1) is 10.1 Å². The van der Waals surface area contributed by atoms with Crippen LogP contribution in [0.2, 0.25) is 0 Å². The molecule has 0 aliphatic carbocycles. The number of nitro benzene ring substituents is 1. The molecule has 0 aliphatic heterocycles. The molecule has 0 fully saturated rings. The summed E-state index contributed by atoms with van der Waals surface area (Å²) in [5.41, 5.74) is 8.11. The predicted octanol–water partition coefficient (Wildman–Crippen LogP) is 4.11. The highest BCUT2D eigenvalue weighted by atomic mass is 32.1. The molecule has 0 bridgehead atoms. The number of benzene rings is 2. The second kappa shape index (κ2) is 7.06. The van der Waals surface area contributed by atoms with Crippen LogP contribution in [0.25, 0.3) is 0 Å². The van der Waals surface area contributed by atoms with Gasteiger partial charge in [0.2, 0.25) is 0 Å². The lowest BCUT2D eigenvalue weighted by Crippen LogP contribution is -2.19. The number of rotatable bonds is 4. The molecule has 120 valence electrons. The SMILES string of the molecule is CC(C)c1ccc(NC(=S)Nc2ccc(N)c([N+](=O)[O-])c2)cc1. The summed E-state index contributed by atoms with van der Waals surface area (Å²) in [4.78, 5) is 10.4. The summed E-state index contributed by atoms with van der Waals surface area (Å²) in [5, 5.41) is 17.2. The van der Waals surface area contributed by atoms with Gasteiger partial charge in [-0.15, -0.1) is 0 Å². The monoisotopic (exact) mass is 330 g/mol. The Morgan fingerprint density at radius 1 is 1.13 bits per heavy atom. The van der Waals surface area contributed by atoms with Gasteiger partial charge in [0.1, 0.15) is 5.69 Å². The van der Waals surface area contributed by atoms with E-state index in [1.165, 1.54) is 17.7 Å². The van der Waals surface area contributed by atoms with Gasteiger partial charge in [-0.25, -0.2) is 0 Å². The van der Waals surface area contributed by atoms with E-state index < -0.39 is 4.92 Å². The summed E-state index contributed by atoms with van der Waals surface area (Å²) in [7, 11) is 0. The maximum atomic E-state index is 10.9. The van der Waals surface area contributed by atoms with Crippen molar-refractivity contribution in [2.75, 3.05) is 16.4 Å². The zero-order valence-corrected chi connectivity index (χ0v) is 13.7. The highest BCUT2D eigenvalue weighted by Gasteiger charge is 2.12. The Morgan fingerprint density at radius 3 is 2.26 bits per heavy atom. The van der Waals surface area contributed by atoms with Crippen molar-refractivity contribution in [2.45, 2.75) is 19.8 Å². The minimum atomic E-state index is -0.526. The van der Waals surface area contributed by atoms with Crippen molar-refractivity contribution in [2.24, 2.45) is 0 Å². The molecule has 7 heteroatoms. The van der Waals surface area contributed by atoms with Gasteiger partial charge in [0.25, 0.3) is 5.69 Å². The Bertz CT molecular complexity index is 729. The quantitative estimate of drug-likeness (QED) is 0.338. The molecular formula is C16H18N4O2S. The van der Waals surface area contributed by atoms with E-state index in [1.807, 2.05) is 24.3 Å². The molecule has 2 rings (SSSR count). The second-order valence-electron chi connectivity index (χ2n) is 5.39. The number of nitrogen functional groups attached to an aromatic ring is 1. The molecule has 4 N–H and O–H groups in total. The van der Waals surface area contributed by atoms with Crippen molar-refractivity contribution in [3.63, 3.8) is 0 Å². The Morgan fingerprint density at radius 2 is 1.70 bits per heavy atom. The maximum Gasteiger partial charge on any atom is 0.294 e. The van der Waals surface area contributed by atoms with Gasteiger partial charge < -0.3 is 16.4 Å². The van der Waals surface area contributed by atoms with Gasteiger partial charge >= 0.3 is 0 Å². The van der Waals surface area contributed by atoms with Crippen molar-refractivity contribution >= 4 is 40.1 Å². The largest absolute Gasteiger partial charge is 0.393 e. The van der Waals surface area contributed by atoms with Crippen molar-refractivity contribution in [1.82, 2.24) is 0 Å². The van der Waals surface area contributed by atoms with Gasteiger partial charge in [-0.3, -0.25) is 10.1 Å². The van der Waals surface area contributed by atoms with Crippen LogP contribution in [-0.2, 0) is 0 Å². The zero-order valence-electron chi connectivity index (χ0n) is 12.9. The highest BCUT2D eigenvalue weighted by Crippen LogP contribution is 2.25. The van der Waals surface area contributed by atoms with Crippen LogP contribution >= 0.6 is 12.2 Å². The lowest BCUT2D eigenvalue weighted by atomic mass is 10.0. The second-order valence-corrected chi connectivity index (χ2v) is 5.79. The van der Waals surface area contributed by atoms with Gasteiger partial charge in [0.15, 0.2) is 5.11 Å². The van der Waals surface area contributed by atoms with E-state index in [1.54, 1.807) is 6.07 Å². The molecule has 0 aliphatic rings. The van der Waals surface area contributed by atoms with E-state index in [9.17, 15) is 10.1 Å². The van der Waals surface area contributed by atoms with Crippen LogP contribution in [0.3, 0.4) is 0 Å². The van der Waals surface area contributed by atoms with Crippen molar-refractivity contribution in [1.29, 1.82) is 0 Å². The third-order valence-corrected chi connectivity index (χ3v) is 3.52. The van der Waals surface area contributed by atoms with Crippen LogP contribution in [0.5, 0.6) is 0 Å². The minimum Gasteiger partial charge on any atom is -0.393 e. The molecule has 0 saturated heterocycles. The van der Waals surface area contributed by atoms with Crippen molar-refractivity contribution < 1.29 is 4.92 Å². The number of nitrogens with one attached hydrogen (secondary N) is 2. The fourth-order valence-electron chi connectivity index (χ4n) is 2.02. The standard InChI is InChI=1S/C16H18N4O2S/c1-10(2)11-3-5-12(6-4-11)18-16(23)19-13-7-8-14(17)15(9-13)20(21)22/h3-10H,17H2,1-2H3,(H2,18,19,23). The number of nitrogens with zero attached hydrogens (tertiary/aromatic N) is 1. The van der Waals surface area contributed by atoms with E-state index in [2.05, 4.69) is 24.5 Å². The summed E-state index contributed by atoms with van der Waals surface area (Å²) in [6.07, 6.45) is 0. The lowest BCUT2D eigenvalue weighted by molar-refractivity contribution is -0.383. The summed E-state index contributed by atoms with van der Waals surface area (Å²) in [6, 6.07) is 12.4. The molecule has 2 aromatic carbocycles. The Balaban J connectivity index is 2.05. The first-order valence-electron chi connectivity index (χ1n) is 7.08. The molecule has 0 radical (unpaired) electrons. The smallest absolute Gasteiger partial charge is 0.294 e. The third kappa shape index (κ3) is 4.40. The molecule has 0 heterocycles. The molecule has 0 aromatic heterocycles. The minimum absolute atomic E-state index is 0.115. The molecular weight excluding hydrogens is 312 g/mol. The van der Waals surface area contributed by atoms with E-state index in [4.69, 9.17) is 18.0 Å². The number of thiocarbonyl (C=S) groups is 1. The zero-order chi connectivity index (χ0) is 17.0. The summed E-state index contributed by atoms with van der Waals surface area (Å²) < 4.78 is 0. The van der Waals surface area contributed by atoms with Gasteiger partial charge in [-0.05, 0) is 48.0 Å². The normalized spacial score (nSPS) is 10.4. The lowest BCUT2D eigenvalue weighted by Gasteiger charge is -2.12. The van der Waals surface area contributed by atoms with Gasteiger partial charge in [0, 0.05) is 17.4 Å². The molecule has 0 atom stereocenters. The van der Waals surface area contributed by atoms with Crippen LogP contribution in [0.4, 0.5) is 22.7 Å². The summed E-state index contributed by atoms with van der Waals surface area (Å²) in [5.74, 6) is 0.462. The summed E-state index contributed by atoms with van der Waals surface area (Å²) in [6.45, 7) is 4.26. The fraction of sp³-hybridized carbons (Fsp3) is 0.188. The molecule has 0 saturated carbocycles. The Kier molecular flexibility index (Phi) is 5.13. The van der Waals surface area contributed by atoms with Crippen molar-refractivity contribution in [3.05, 3.63) is 58.1 Å². The molecule has 2 aromatic rings. The van der Waals surface area contributed by atoms with Crippen LogP contribution in [0.15, 0.2) is 42.5 Å². The fourth-order valence-corrected chi connectivity index (χ4v) is 2.26. The average molecular weight is 330 g/mol. The number of anilines is 3. The molecule has 0 unspecified atom stereocenters. The van der Waals surface area contributed by atoms with Gasteiger partial charge in [0.05, 0.1) is 4.92 Å². The first kappa shape index (κ1) is 16.7. The number of hydrogen-bond donors (Lipinski definition) is 3. The molecule has 0 spiro atoms. The first-order valence-corrected chi connectivity index (χ1v) is 7.49. The van der Waals surface area contributed by atoms with Crippen LogP contribution in [-0.4, -0.2) is 10.0 Å². The topological polar surface area (TPSA) is 93.2 Å². The first-order chi connectivity index (χ1) is 10.9.